The highest BCUT2D eigenvalue weighted by atomic mass is 16.5. The number of fused-ring (bicyclic) bond motifs is 1. The first-order valence-electron chi connectivity index (χ1n) is 8.27. The van der Waals surface area contributed by atoms with Gasteiger partial charge in [0.1, 0.15) is 11.0 Å². The van der Waals surface area contributed by atoms with E-state index < -0.39 is 0 Å². The summed E-state index contributed by atoms with van der Waals surface area (Å²) in [5, 5.41) is 17.6. The normalized spacial score (nSPS) is 11.8. The minimum absolute atomic E-state index is 0.111. The summed E-state index contributed by atoms with van der Waals surface area (Å²) in [7, 11) is 0. The summed E-state index contributed by atoms with van der Waals surface area (Å²) < 4.78 is 0. The lowest BCUT2D eigenvalue weighted by Gasteiger charge is -2.26. The van der Waals surface area contributed by atoms with Gasteiger partial charge in [-0.15, -0.1) is 10.2 Å². The molecule has 0 bridgehead atoms. The van der Waals surface area contributed by atoms with E-state index in [4.69, 9.17) is 0 Å². The van der Waals surface area contributed by atoms with Gasteiger partial charge in [-0.3, -0.25) is 0 Å². The van der Waals surface area contributed by atoms with Gasteiger partial charge in [0.2, 0.25) is 0 Å². The minimum atomic E-state index is -0.111. The van der Waals surface area contributed by atoms with Gasteiger partial charge in [0, 0.05) is 11.0 Å². The van der Waals surface area contributed by atoms with Crippen LogP contribution in [-0.4, -0.2) is 20.4 Å². The van der Waals surface area contributed by atoms with Gasteiger partial charge in [-0.25, -0.2) is 0 Å². The maximum atomic E-state index is 9.55. The zero-order valence-corrected chi connectivity index (χ0v) is 14.2. The van der Waals surface area contributed by atoms with Gasteiger partial charge in [0.25, 0.3) is 0 Å². The maximum Gasteiger partial charge on any atom is 0.124 e. The molecular weight excluding hydrogens is 310 g/mol. The maximum absolute atomic E-state index is 9.55. The van der Waals surface area contributed by atoms with E-state index in [2.05, 4.69) is 72.6 Å². The average Bonchev–Trinajstić information content (AvgIpc) is 3.02. The molecule has 0 aliphatic carbocycles. The monoisotopic (exact) mass is 329 g/mol. The number of benzene rings is 3. The molecule has 1 heterocycles. The van der Waals surface area contributed by atoms with Crippen molar-refractivity contribution in [1.82, 2.24) is 15.2 Å². The Balaban J connectivity index is 1.85. The van der Waals surface area contributed by atoms with Crippen LogP contribution in [0.2, 0.25) is 0 Å². The van der Waals surface area contributed by atoms with E-state index in [-0.39, 0.29) is 5.41 Å². The Hall–Kier alpha value is -3.14. The van der Waals surface area contributed by atoms with Gasteiger partial charge in [0.05, 0.1) is 0 Å². The summed E-state index contributed by atoms with van der Waals surface area (Å²) >= 11 is 0. The predicted molar refractivity (Wildman–Crippen MR) is 98.7 cm³/mol. The van der Waals surface area contributed by atoms with Crippen LogP contribution in [0.25, 0.3) is 22.2 Å². The number of rotatable bonds is 3. The third-order valence-corrected chi connectivity index (χ3v) is 4.79. The van der Waals surface area contributed by atoms with Crippen LogP contribution in [-0.2, 0) is 5.41 Å². The van der Waals surface area contributed by atoms with E-state index in [1.165, 1.54) is 11.1 Å². The Morgan fingerprint density at radius 1 is 0.800 bits per heavy atom. The molecule has 0 aliphatic heterocycles. The van der Waals surface area contributed by atoms with Gasteiger partial charge in [0.15, 0.2) is 0 Å². The topological polar surface area (TPSA) is 50.9 Å². The molecule has 1 aromatic heterocycles. The Morgan fingerprint density at radius 2 is 1.52 bits per heavy atom. The van der Waals surface area contributed by atoms with Crippen molar-refractivity contribution < 1.29 is 5.21 Å². The van der Waals surface area contributed by atoms with Crippen LogP contribution in [0.3, 0.4) is 0 Å². The molecule has 0 aliphatic rings. The molecule has 1 N–H and O–H groups in total. The zero-order chi connectivity index (χ0) is 17.4. The first kappa shape index (κ1) is 15.4. The van der Waals surface area contributed by atoms with Crippen molar-refractivity contribution in [2.45, 2.75) is 19.3 Å². The van der Waals surface area contributed by atoms with Crippen LogP contribution >= 0.6 is 0 Å². The van der Waals surface area contributed by atoms with Crippen LogP contribution in [0.15, 0.2) is 72.8 Å². The zero-order valence-electron chi connectivity index (χ0n) is 14.2. The highest BCUT2D eigenvalue weighted by Crippen LogP contribution is 2.34. The molecule has 4 aromatic rings. The molecule has 0 fully saturated rings. The van der Waals surface area contributed by atoms with Crippen molar-refractivity contribution in [1.29, 1.82) is 0 Å². The average molecular weight is 329 g/mol. The van der Waals surface area contributed by atoms with E-state index in [0.29, 0.717) is 16.0 Å². The van der Waals surface area contributed by atoms with Crippen molar-refractivity contribution in [2.75, 3.05) is 0 Å². The van der Waals surface area contributed by atoms with Crippen LogP contribution in [0, 0.1) is 0 Å². The third-order valence-electron chi connectivity index (χ3n) is 4.79. The molecule has 25 heavy (non-hydrogen) atoms. The summed E-state index contributed by atoms with van der Waals surface area (Å²) in [6.45, 7) is 4.46. The summed E-state index contributed by atoms with van der Waals surface area (Å²) in [6.07, 6.45) is 0. The van der Waals surface area contributed by atoms with Crippen molar-refractivity contribution in [3.05, 3.63) is 83.9 Å². The molecule has 3 aromatic carbocycles. The number of hydrogen-bond donors (Lipinski definition) is 1. The largest absolute Gasteiger partial charge is 0.396 e. The molecule has 4 nitrogen and oxygen atoms in total. The molecule has 0 saturated carbocycles. The fourth-order valence-corrected chi connectivity index (χ4v) is 3.26. The van der Waals surface area contributed by atoms with Gasteiger partial charge in [-0.05, 0) is 27.7 Å². The van der Waals surface area contributed by atoms with Crippen LogP contribution in [0.1, 0.15) is 25.0 Å². The molecule has 4 heteroatoms. The Kier molecular flexibility index (Phi) is 3.53. The first-order chi connectivity index (χ1) is 12.1. The molecular formula is C21H19N3O. The molecule has 0 amide bonds. The van der Waals surface area contributed by atoms with Crippen LogP contribution < -0.4 is 0 Å². The lowest BCUT2D eigenvalue weighted by Crippen LogP contribution is -2.18. The van der Waals surface area contributed by atoms with Gasteiger partial charge >= 0.3 is 0 Å². The van der Waals surface area contributed by atoms with Crippen LogP contribution in [0.5, 0.6) is 0 Å². The SMILES string of the molecule is CC(C)(c1ccccc1)c1cccc(-c2cccc3nn(O)nc23)c1. The standard InChI is InChI=1S/C21H19N3O/c1-21(2,16-9-4-3-5-10-16)17-11-6-8-15(14-17)18-12-7-13-19-20(18)23-24(25)22-19/h3-14,25H,1-2H3. The number of hydrogen-bond acceptors (Lipinski definition) is 3. The molecule has 0 unspecified atom stereocenters. The second-order valence-corrected chi connectivity index (χ2v) is 6.71. The summed E-state index contributed by atoms with van der Waals surface area (Å²) in [4.78, 5) is 0.631. The summed E-state index contributed by atoms with van der Waals surface area (Å²) in [6, 6.07) is 24.8. The second-order valence-electron chi connectivity index (χ2n) is 6.71. The number of aromatic nitrogens is 3. The summed E-state index contributed by atoms with van der Waals surface area (Å²) in [5.74, 6) is 0. The van der Waals surface area contributed by atoms with Crippen molar-refractivity contribution >= 4 is 11.0 Å². The molecule has 0 radical (unpaired) electrons. The van der Waals surface area contributed by atoms with E-state index in [1.54, 1.807) is 0 Å². The summed E-state index contributed by atoms with van der Waals surface area (Å²) in [5.41, 5.74) is 5.78. The number of nitrogens with zero attached hydrogens (tertiary/aromatic N) is 3. The van der Waals surface area contributed by atoms with Gasteiger partial charge < -0.3 is 5.21 Å². The smallest absolute Gasteiger partial charge is 0.124 e. The minimum Gasteiger partial charge on any atom is -0.396 e. The van der Waals surface area contributed by atoms with Crippen molar-refractivity contribution in [3.8, 4) is 11.1 Å². The predicted octanol–water partition coefficient (Wildman–Crippen LogP) is 4.66. The molecule has 0 saturated heterocycles. The van der Waals surface area contributed by atoms with E-state index in [1.807, 2.05) is 24.3 Å². The highest BCUT2D eigenvalue weighted by Gasteiger charge is 2.23. The van der Waals surface area contributed by atoms with Crippen molar-refractivity contribution in [2.24, 2.45) is 0 Å². The van der Waals surface area contributed by atoms with Crippen molar-refractivity contribution in [3.63, 3.8) is 0 Å². The molecule has 0 atom stereocenters. The van der Waals surface area contributed by atoms with Crippen LogP contribution in [0.4, 0.5) is 0 Å². The Bertz CT molecular complexity index is 1040. The lowest BCUT2D eigenvalue weighted by atomic mass is 9.77. The Morgan fingerprint density at radius 3 is 2.32 bits per heavy atom. The third kappa shape index (κ3) is 2.66. The second kappa shape index (κ2) is 5.74. The van der Waals surface area contributed by atoms with E-state index in [0.717, 1.165) is 11.1 Å². The Labute approximate surface area is 146 Å². The quantitative estimate of drug-likeness (QED) is 0.556. The molecule has 0 spiro atoms. The molecule has 4 rings (SSSR count). The van der Waals surface area contributed by atoms with Gasteiger partial charge in [-0.1, -0.05) is 80.6 Å². The van der Waals surface area contributed by atoms with E-state index >= 15 is 0 Å². The lowest BCUT2D eigenvalue weighted by molar-refractivity contribution is 0.113. The van der Waals surface area contributed by atoms with Gasteiger partial charge in [-0.2, -0.15) is 0 Å². The van der Waals surface area contributed by atoms with E-state index in [9.17, 15) is 5.21 Å². The fraction of sp³-hybridized carbons (Fsp3) is 0.143. The fourth-order valence-electron chi connectivity index (χ4n) is 3.26. The first-order valence-corrected chi connectivity index (χ1v) is 8.27. The molecule has 124 valence electrons. The highest BCUT2D eigenvalue weighted by molar-refractivity contribution is 5.91.